The Labute approximate surface area is 148 Å². The molecule has 25 heavy (non-hydrogen) atoms. The molecule has 1 saturated carbocycles. The normalized spacial score (nSPS) is 15.8. The first kappa shape index (κ1) is 18.9. The number of methoxy groups -OCH3 is 2. The summed E-state index contributed by atoms with van der Waals surface area (Å²) in [5, 5.41) is 8.30. The summed E-state index contributed by atoms with van der Waals surface area (Å²) in [5.74, 6) is 0.837. The number of imide groups is 1. The van der Waals surface area contributed by atoms with Crippen LogP contribution < -0.4 is 25.4 Å². The maximum atomic E-state index is 12.2. The standard InChI is InChI=1S/C18H27N3O4/c1-12(19-14-9-15(24-2)11-16(10-14)25-3)17(22)21-18(23)20-13-7-5-4-6-8-13/h9-13,19H,4-8H2,1-3H3,(H2,20,21,22,23). The Balaban J connectivity index is 1.88. The van der Waals surface area contributed by atoms with E-state index in [1.165, 1.54) is 6.42 Å². The minimum absolute atomic E-state index is 0.160. The first-order valence-electron chi connectivity index (χ1n) is 8.62. The molecule has 0 heterocycles. The molecule has 1 aliphatic carbocycles. The molecule has 2 rings (SSSR count). The van der Waals surface area contributed by atoms with Crippen molar-refractivity contribution in [3.8, 4) is 11.5 Å². The molecule has 3 N–H and O–H groups in total. The highest BCUT2D eigenvalue weighted by atomic mass is 16.5. The number of hydrogen-bond donors (Lipinski definition) is 3. The van der Waals surface area contributed by atoms with Gasteiger partial charge in [-0.2, -0.15) is 0 Å². The van der Waals surface area contributed by atoms with Crippen molar-refractivity contribution in [3.63, 3.8) is 0 Å². The molecule has 1 aromatic carbocycles. The molecule has 1 atom stereocenters. The smallest absolute Gasteiger partial charge is 0.321 e. The van der Waals surface area contributed by atoms with E-state index in [1.54, 1.807) is 39.3 Å². The van der Waals surface area contributed by atoms with Gasteiger partial charge in [-0.3, -0.25) is 10.1 Å². The number of anilines is 1. The minimum atomic E-state index is -0.589. The van der Waals surface area contributed by atoms with E-state index in [1.807, 2.05) is 0 Å². The summed E-state index contributed by atoms with van der Waals surface area (Å²) in [7, 11) is 3.12. The first-order chi connectivity index (χ1) is 12.0. The van der Waals surface area contributed by atoms with Crippen molar-refractivity contribution in [2.75, 3.05) is 19.5 Å². The second-order valence-corrected chi connectivity index (χ2v) is 6.27. The van der Waals surface area contributed by atoms with Gasteiger partial charge in [0.15, 0.2) is 0 Å². The summed E-state index contributed by atoms with van der Waals surface area (Å²) in [6.07, 6.45) is 5.39. The number of nitrogens with one attached hydrogen (secondary N) is 3. The number of benzene rings is 1. The zero-order chi connectivity index (χ0) is 18.2. The van der Waals surface area contributed by atoms with E-state index in [9.17, 15) is 9.59 Å². The third-order valence-corrected chi connectivity index (χ3v) is 4.31. The largest absolute Gasteiger partial charge is 0.497 e. The van der Waals surface area contributed by atoms with Crippen LogP contribution in [0.25, 0.3) is 0 Å². The molecule has 0 radical (unpaired) electrons. The quantitative estimate of drug-likeness (QED) is 0.735. The van der Waals surface area contributed by atoms with Gasteiger partial charge in [0.2, 0.25) is 5.91 Å². The average molecular weight is 349 g/mol. The van der Waals surface area contributed by atoms with Gasteiger partial charge in [-0.05, 0) is 19.8 Å². The number of amides is 3. The second-order valence-electron chi connectivity index (χ2n) is 6.27. The van der Waals surface area contributed by atoms with Crippen molar-refractivity contribution < 1.29 is 19.1 Å². The molecule has 1 aliphatic rings. The highest BCUT2D eigenvalue weighted by molar-refractivity contribution is 5.98. The van der Waals surface area contributed by atoms with Crippen LogP contribution in [-0.4, -0.2) is 38.2 Å². The van der Waals surface area contributed by atoms with Crippen LogP contribution in [0.4, 0.5) is 10.5 Å². The van der Waals surface area contributed by atoms with Crippen molar-refractivity contribution in [1.29, 1.82) is 0 Å². The second kappa shape index (κ2) is 9.15. The van der Waals surface area contributed by atoms with Gasteiger partial charge in [-0.25, -0.2) is 4.79 Å². The van der Waals surface area contributed by atoms with Gasteiger partial charge in [-0.1, -0.05) is 19.3 Å². The molecule has 0 spiro atoms. The lowest BCUT2D eigenvalue weighted by Crippen LogP contribution is -2.49. The third-order valence-electron chi connectivity index (χ3n) is 4.31. The van der Waals surface area contributed by atoms with Crippen LogP contribution in [0.2, 0.25) is 0 Å². The molecule has 0 aliphatic heterocycles. The van der Waals surface area contributed by atoms with Crippen LogP contribution in [-0.2, 0) is 4.79 Å². The van der Waals surface area contributed by atoms with E-state index in [0.29, 0.717) is 17.2 Å². The Morgan fingerprint density at radius 2 is 1.64 bits per heavy atom. The molecule has 0 aromatic heterocycles. The fourth-order valence-electron chi connectivity index (χ4n) is 2.89. The number of rotatable bonds is 6. The van der Waals surface area contributed by atoms with E-state index in [0.717, 1.165) is 25.7 Å². The summed E-state index contributed by atoms with van der Waals surface area (Å²) < 4.78 is 10.4. The van der Waals surface area contributed by atoms with Crippen LogP contribution in [0.5, 0.6) is 11.5 Å². The molecule has 7 nitrogen and oxygen atoms in total. The van der Waals surface area contributed by atoms with E-state index < -0.39 is 18.0 Å². The van der Waals surface area contributed by atoms with Crippen molar-refractivity contribution in [3.05, 3.63) is 18.2 Å². The number of hydrogen-bond acceptors (Lipinski definition) is 5. The fraction of sp³-hybridized carbons (Fsp3) is 0.556. The predicted octanol–water partition coefficient (Wildman–Crippen LogP) is 2.66. The Bertz CT molecular complexity index is 578. The fourth-order valence-corrected chi connectivity index (χ4v) is 2.89. The number of ether oxygens (including phenoxy) is 2. The summed E-state index contributed by atoms with van der Waals surface area (Å²) in [4.78, 5) is 24.2. The summed E-state index contributed by atoms with van der Waals surface area (Å²) >= 11 is 0. The van der Waals surface area contributed by atoms with Gasteiger partial charge in [0.05, 0.1) is 14.2 Å². The minimum Gasteiger partial charge on any atom is -0.497 e. The number of urea groups is 1. The number of carbonyl (C=O) groups is 2. The third kappa shape index (κ3) is 5.85. The van der Waals surface area contributed by atoms with E-state index in [-0.39, 0.29) is 6.04 Å². The molecule has 7 heteroatoms. The van der Waals surface area contributed by atoms with Crippen molar-refractivity contribution >= 4 is 17.6 Å². The van der Waals surface area contributed by atoms with E-state index >= 15 is 0 Å². The predicted molar refractivity (Wildman–Crippen MR) is 96.2 cm³/mol. The summed E-state index contributed by atoms with van der Waals surface area (Å²) in [6, 6.07) is 4.39. The highest BCUT2D eigenvalue weighted by Crippen LogP contribution is 2.26. The molecule has 0 saturated heterocycles. The average Bonchev–Trinajstić information content (AvgIpc) is 2.61. The summed E-state index contributed by atoms with van der Waals surface area (Å²) in [5.41, 5.74) is 0.673. The van der Waals surface area contributed by atoms with Crippen molar-refractivity contribution in [2.24, 2.45) is 0 Å². The van der Waals surface area contributed by atoms with Gasteiger partial charge in [0.25, 0.3) is 0 Å². The Morgan fingerprint density at radius 3 is 2.20 bits per heavy atom. The Hall–Kier alpha value is -2.44. The number of carbonyl (C=O) groups excluding carboxylic acids is 2. The molecular formula is C18H27N3O4. The van der Waals surface area contributed by atoms with Crippen LogP contribution in [0, 0.1) is 0 Å². The van der Waals surface area contributed by atoms with Gasteiger partial charge in [0.1, 0.15) is 17.5 Å². The van der Waals surface area contributed by atoms with Gasteiger partial charge in [0, 0.05) is 29.9 Å². The SMILES string of the molecule is COc1cc(NC(C)C(=O)NC(=O)NC2CCCCC2)cc(OC)c1. The lowest BCUT2D eigenvalue weighted by atomic mass is 9.96. The molecule has 0 bridgehead atoms. The van der Waals surface area contributed by atoms with Gasteiger partial charge in [-0.15, -0.1) is 0 Å². The molecule has 3 amide bonds. The van der Waals surface area contributed by atoms with Crippen LogP contribution in [0.3, 0.4) is 0 Å². The molecule has 1 aromatic rings. The lowest BCUT2D eigenvalue weighted by Gasteiger charge is -2.23. The molecule has 1 fully saturated rings. The molecule has 138 valence electrons. The van der Waals surface area contributed by atoms with E-state index in [4.69, 9.17) is 9.47 Å². The Kier molecular flexibility index (Phi) is 6.91. The van der Waals surface area contributed by atoms with Crippen molar-refractivity contribution in [2.45, 2.75) is 51.1 Å². The Morgan fingerprint density at radius 1 is 1.04 bits per heavy atom. The highest BCUT2D eigenvalue weighted by Gasteiger charge is 2.20. The van der Waals surface area contributed by atoms with Crippen LogP contribution >= 0.6 is 0 Å². The maximum Gasteiger partial charge on any atom is 0.321 e. The first-order valence-corrected chi connectivity index (χ1v) is 8.62. The van der Waals surface area contributed by atoms with Crippen molar-refractivity contribution in [1.82, 2.24) is 10.6 Å². The topological polar surface area (TPSA) is 88.7 Å². The molecule has 1 unspecified atom stereocenters. The zero-order valence-electron chi connectivity index (χ0n) is 15.1. The van der Waals surface area contributed by atoms with Crippen LogP contribution in [0.15, 0.2) is 18.2 Å². The van der Waals surface area contributed by atoms with Gasteiger partial charge >= 0.3 is 6.03 Å². The monoisotopic (exact) mass is 349 g/mol. The summed E-state index contributed by atoms with van der Waals surface area (Å²) in [6.45, 7) is 1.69. The molecular weight excluding hydrogens is 322 g/mol. The zero-order valence-corrected chi connectivity index (χ0v) is 15.1. The van der Waals surface area contributed by atoms with Crippen LogP contribution in [0.1, 0.15) is 39.0 Å². The lowest BCUT2D eigenvalue weighted by molar-refractivity contribution is -0.120. The van der Waals surface area contributed by atoms with Gasteiger partial charge < -0.3 is 20.1 Å². The van der Waals surface area contributed by atoms with E-state index in [2.05, 4.69) is 16.0 Å². The maximum absolute atomic E-state index is 12.2.